The highest BCUT2D eigenvalue weighted by molar-refractivity contribution is 8.01. The summed E-state index contributed by atoms with van der Waals surface area (Å²) in [5.41, 5.74) is 6.87. The lowest BCUT2D eigenvalue weighted by molar-refractivity contribution is -0.657. The first-order valence-corrected chi connectivity index (χ1v) is 14.7. The number of rotatable bonds is 10. The van der Waals surface area contributed by atoms with Gasteiger partial charge in [0.25, 0.3) is 17.5 Å². The third-order valence-electron chi connectivity index (χ3n) is 6.13. The number of imidazole rings is 1. The number of carboxylic acid groups (broad SMARTS) is 1. The van der Waals surface area contributed by atoms with E-state index in [1.807, 2.05) is 39.6 Å². The van der Waals surface area contributed by atoms with E-state index >= 15 is 0 Å². The number of nitrogens with one attached hydrogen (secondary N) is 1. The van der Waals surface area contributed by atoms with Crippen molar-refractivity contribution in [3.05, 3.63) is 52.9 Å². The van der Waals surface area contributed by atoms with Crippen molar-refractivity contribution in [2.75, 3.05) is 24.3 Å². The maximum atomic E-state index is 13.1. The fourth-order valence-corrected chi connectivity index (χ4v) is 7.49. The fourth-order valence-electron chi connectivity index (χ4n) is 4.43. The molecule has 0 spiro atoms. The monoisotopic (exact) mass is 601 g/mol. The Balaban J connectivity index is 1.32. The molecule has 0 saturated carbocycles. The number of hydrogen-bond acceptors (Lipinski definition) is 12. The van der Waals surface area contributed by atoms with E-state index in [0.717, 1.165) is 26.9 Å². The quantitative estimate of drug-likeness (QED) is 0.100. The van der Waals surface area contributed by atoms with Gasteiger partial charge in [-0.3, -0.25) is 19.3 Å². The van der Waals surface area contributed by atoms with E-state index in [-0.39, 0.29) is 34.6 Å². The van der Waals surface area contributed by atoms with Gasteiger partial charge in [0.1, 0.15) is 43.2 Å². The Kier molecular flexibility index (Phi) is 7.82. The first-order valence-electron chi connectivity index (χ1n) is 11.8. The molecule has 16 heteroatoms. The van der Waals surface area contributed by atoms with Crippen LogP contribution in [-0.2, 0) is 30.6 Å². The van der Waals surface area contributed by atoms with Gasteiger partial charge in [-0.05, 0) is 24.6 Å². The minimum absolute atomic E-state index is 0.0254. The predicted octanol–water partition coefficient (Wildman–Crippen LogP) is -0.599. The second-order valence-corrected chi connectivity index (χ2v) is 11.8. The van der Waals surface area contributed by atoms with Crippen LogP contribution in [0.5, 0.6) is 0 Å². The number of thioether (sulfide) groups is 2. The van der Waals surface area contributed by atoms with Crippen molar-refractivity contribution in [1.29, 1.82) is 0 Å². The fraction of sp³-hybridized carbons (Fsp3) is 0.292. The summed E-state index contributed by atoms with van der Waals surface area (Å²) in [4.78, 5) is 59.7. The maximum Gasteiger partial charge on any atom is 0.287 e. The van der Waals surface area contributed by atoms with Gasteiger partial charge in [0, 0.05) is 23.0 Å². The van der Waals surface area contributed by atoms with Crippen molar-refractivity contribution in [3.8, 4) is 0 Å². The Bertz CT molecular complexity index is 1600. The predicted molar refractivity (Wildman–Crippen MR) is 146 cm³/mol. The molecule has 0 bridgehead atoms. The van der Waals surface area contributed by atoms with Crippen LogP contribution in [-0.4, -0.2) is 73.6 Å². The summed E-state index contributed by atoms with van der Waals surface area (Å²) in [6, 6.07) is 4.67. The van der Waals surface area contributed by atoms with E-state index < -0.39 is 29.2 Å². The minimum atomic E-state index is -1.46. The molecule has 208 valence electrons. The van der Waals surface area contributed by atoms with E-state index in [4.69, 9.17) is 10.6 Å². The van der Waals surface area contributed by atoms with E-state index in [9.17, 15) is 24.3 Å². The second-order valence-electron chi connectivity index (χ2n) is 8.80. The highest BCUT2D eigenvalue weighted by Gasteiger charge is 2.53. The van der Waals surface area contributed by atoms with Crippen LogP contribution in [0.15, 0.2) is 57.4 Å². The van der Waals surface area contributed by atoms with E-state index in [2.05, 4.69) is 15.5 Å². The maximum absolute atomic E-state index is 13.1. The van der Waals surface area contributed by atoms with Crippen molar-refractivity contribution in [2.24, 2.45) is 5.16 Å². The summed E-state index contributed by atoms with van der Waals surface area (Å²) in [5, 5.41) is 20.5. The Morgan fingerprint density at radius 2 is 2.17 bits per heavy atom. The first-order chi connectivity index (χ1) is 19.2. The number of carbonyl (C=O) groups excluding carboxylic acids is 4. The molecule has 40 heavy (non-hydrogen) atoms. The molecule has 2 atom stereocenters. The molecule has 3 N–H and O–H groups in total. The lowest BCUT2D eigenvalue weighted by atomic mass is 10.0. The summed E-state index contributed by atoms with van der Waals surface area (Å²) in [5.74, 6) is -2.09. The molecule has 1 saturated heterocycles. The van der Waals surface area contributed by atoms with Crippen LogP contribution in [0.25, 0.3) is 5.65 Å². The van der Waals surface area contributed by atoms with E-state index in [1.54, 1.807) is 0 Å². The number of fused-ring (bicyclic) bond motifs is 2. The van der Waals surface area contributed by atoms with Crippen LogP contribution >= 0.6 is 34.9 Å². The van der Waals surface area contributed by atoms with Crippen LogP contribution < -0.4 is 20.7 Å². The SMILES string of the molecule is CO/N=C(\C(=O)N[C@@H]1C(=O)N2C(C(=O)[O-])=C(CSc3cccc4n3cc[n+]4CC(C)=O)CS[C@@H]12)c1csc(N)n1. The standard InChI is InChI=1S/C24H23N7O6S3/c1-12(32)8-29-6-7-30-15(29)4-3-5-16(30)38-9-13-10-39-22-18(21(34)31(22)19(13)23(35)36)27-20(33)17(28-37-2)14-11-40-24(25)26-14/h3-7,11,18,22H,8-10H2,1-2H3,(H3-,25,26,27,33,35,36)/b28-17-/t18-,22+/m1/s1. The number of aromatic nitrogens is 3. The molecule has 5 rings (SSSR count). The summed E-state index contributed by atoms with van der Waals surface area (Å²) in [7, 11) is 1.27. The number of carbonyl (C=O) groups is 4. The molecular formula is C24H23N7O6S3. The number of nitrogens with two attached hydrogens (primary N) is 1. The highest BCUT2D eigenvalue weighted by atomic mass is 32.2. The number of amides is 2. The summed E-state index contributed by atoms with van der Waals surface area (Å²) < 4.78 is 3.75. The van der Waals surface area contributed by atoms with Crippen LogP contribution in [0.3, 0.4) is 0 Å². The van der Waals surface area contributed by atoms with Crippen LogP contribution in [0.2, 0.25) is 0 Å². The van der Waals surface area contributed by atoms with Crippen LogP contribution in [0.1, 0.15) is 12.6 Å². The molecule has 3 aromatic rings. The number of pyridine rings is 1. The zero-order valence-corrected chi connectivity index (χ0v) is 23.7. The van der Waals surface area contributed by atoms with Gasteiger partial charge in [-0.1, -0.05) is 16.9 Å². The van der Waals surface area contributed by atoms with Gasteiger partial charge in [-0.2, -0.15) is 4.40 Å². The molecule has 3 aromatic heterocycles. The Hall–Kier alpha value is -3.89. The molecule has 0 aliphatic carbocycles. The molecular weight excluding hydrogens is 579 g/mol. The largest absolute Gasteiger partial charge is 0.543 e. The van der Waals surface area contributed by atoms with Gasteiger partial charge >= 0.3 is 0 Å². The molecule has 2 aliphatic rings. The van der Waals surface area contributed by atoms with Crippen molar-refractivity contribution < 1.29 is 33.7 Å². The van der Waals surface area contributed by atoms with Gasteiger partial charge in [0.15, 0.2) is 21.7 Å². The van der Waals surface area contributed by atoms with Crippen LogP contribution in [0, 0.1) is 0 Å². The van der Waals surface area contributed by atoms with E-state index in [1.165, 1.54) is 42.9 Å². The van der Waals surface area contributed by atoms with E-state index in [0.29, 0.717) is 17.1 Å². The summed E-state index contributed by atoms with van der Waals surface area (Å²) in [6.45, 7) is 1.77. The molecule has 0 unspecified atom stereocenters. The second kappa shape index (κ2) is 11.3. The third kappa shape index (κ3) is 5.16. The number of nitrogens with zero attached hydrogens (tertiary/aromatic N) is 5. The lowest BCUT2D eigenvalue weighted by Crippen LogP contribution is -2.71. The van der Waals surface area contributed by atoms with Crippen molar-refractivity contribution >= 4 is 74.9 Å². The molecule has 13 nitrogen and oxygen atoms in total. The van der Waals surface area contributed by atoms with Crippen molar-refractivity contribution in [3.63, 3.8) is 0 Å². The number of thiazole rings is 1. The average Bonchev–Trinajstić information content (AvgIpc) is 3.54. The number of ketones is 1. The van der Waals surface area contributed by atoms with Gasteiger partial charge in [0.2, 0.25) is 0 Å². The molecule has 1 fully saturated rings. The number of hydrogen-bond donors (Lipinski definition) is 2. The van der Waals surface area contributed by atoms with Gasteiger partial charge in [-0.15, -0.1) is 23.1 Å². The zero-order chi connectivity index (χ0) is 28.6. The molecule has 2 amide bonds. The van der Waals surface area contributed by atoms with Crippen LogP contribution in [0.4, 0.5) is 5.13 Å². The summed E-state index contributed by atoms with van der Waals surface area (Å²) in [6.07, 6.45) is 3.65. The van der Waals surface area contributed by atoms with Gasteiger partial charge in [0.05, 0.1) is 11.7 Å². The zero-order valence-electron chi connectivity index (χ0n) is 21.2. The number of Topliss-reactive ketones (excluding diaryl/α,β-unsaturated/α-hetero) is 1. The molecule has 5 heterocycles. The highest BCUT2D eigenvalue weighted by Crippen LogP contribution is 2.41. The topological polar surface area (TPSA) is 175 Å². The number of aliphatic carboxylic acids is 1. The number of anilines is 1. The number of oxime groups is 1. The molecule has 2 aliphatic heterocycles. The lowest BCUT2D eigenvalue weighted by Gasteiger charge is -2.50. The number of β-lactam (4-membered cyclic amide) rings is 1. The normalized spacial score (nSPS) is 18.9. The van der Waals surface area contributed by atoms with Crippen molar-refractivity contribution in [1.82, 2.24) is 19.6 Å². The van der Waals surface area contributed by atoms with Gasteiger partial charge in [-0.25, -0.2) is 9.55 Å². The number of carboxylic acids is 1. The van der Waals surface area contributed by atoms with Crippen molar-refractivity contribution in [2.45, 2.75) is 29.9 Å². The average molecular weight is 602 g/mol. The smallest absolute Gasteiger partial charge is 0.287 e. The Labute approximate surface area is 240 Å². The summed E-state index contributed by atoms with van der Waals surface area (Å²) >= 11 is 3.87. The van der Waals surface area contributed by atoms with Gasteiger partial charge < -0.3 is 25.8 Å². The minimum Gasteiger partial charge on any atom is -0.543 e. The third-order valence-corrected chi connectivity index (χ3v) is 9.27. The first kappa shape index (κ1) is 27.7. The Morgan fingerprint density at radius 3 is 2.85 bits per heavy atom. The Morgan fingerprint density at radius 1 is 1.38 bits per heavy atom. The molecule has 0 radical (unpaired) electrons. The molecule has 0 aromatic carbocycles. The number of nitrogen functional groups attached to an aromatic ring is 1.